The van der Waals surface area contributed by atoms with Crippen molar-refractivity contribution in [2.45, 2.75) is 12.6 Å². The van der Waals surface area contributed by atoms with Crippen LogP contribution in [-0.4, -0.2) is 62.0 Å². The number of aliphatic hydroxyl groups is 1. The number of hydrogen-bond acceptors (Lipinski definition) is 8. The van der Waals surface area contributed by atoms with E-state index in [0.29, 0.717) is 64.3 Å². The zero-order valence-corrected chi connectivity index (χ0v) is 22.6. The smallest absolute Gasteiger partial charge is 0.279 e. The highest BCUT2D eigenvalue weighted by molar-refractivity contribution is 6.39. The highest BCUT2D eigenvalue weighted by Gasteiger charge is 2.26. The normalized spacial score (nSPS) is 13.7. The van der Waals surface area contributed by atoms with E-state index < -0.39 is 11.5 Å². The first-order valence-electron chi connectivity index (χ1n) is 12.0. The summed E-state index contributed by atoms with van der Waals surface area (Å²) in [5, 5.41) is 16.7. The molecule has 0 unspecified atom stereocenters. The second-order valence-corrected chi connectivity index (χ2v) is 9.78. The summed E-state index contributed by atoms with van der Waals surface area (Å²) >= 11 is 13.6. The van der Waals surface area contributed by atoms with Gasteiger partial charge in [0, 0.05) is 49.6 Å². The Balaban J connectivity index is 1.45. The Kier molecular flexibility index (Phi) is 7.62. The number of nitrogens with zero attached hydrogens (tertiary/aromatic N) is 5. The summed E-state index contributed by atoms with van der Waals surface area (Å²) in [5.74, 6) is -0.229. The number of aryl methyl sites for hydroxylation is 1. The maximum Gasteiger partial charge on any atom is 0.279 e. The third kappa shape index (κ3) is 5.37. The van der Waals surface area contributed by atoms with Crippen molar-refractivity contribution < 1.29 is 14.6 Å². The number of methoxy groups -OCH3 is 1. The van der Waals surface area contributed by atoms with Crippen LogP contribution in [0.4, 0.5) is 5.69 Å². The van der Waals surface area contributed by atoms with Crippen molar-refractivity contribution in [1.29, 1.82) is 0 Å². The molecule has 1 aliphatic heterocycles. The SMILES string of the molecule is COc1nc(-c2cccc(-c3cccc(NC(=O)c4ccnn(C)c4=O)c3Cl)c2Cl)cnc1CN1CC(O)C1. The Morgan fingerprint density at radius 3 is 2.51 bits per heavy atom. The molecule has 2 aromatic carbocycles. The summed E-state index contributed by atoms with van der Waals surface area (Å²) in [7, 11) is 2.99. The number of β-amino-alcohol motifs (C(OH)–C–C–N with tert-alkyl or cyclic N) is 1. The lowest BCUT2D eigenvalue weighted by Gasteiger charge is -2.35. The second-order valence-electron chi connectivity index (χ2n) is 9.02. The van der Waals surface area contributed by atoms with E-state index in [9.17, 15) is 14.7 Å². The van der Waals surface area contributed by atoms with Crippen molar-refractivity contribution in [3.05, 3.63) is 86.5 Å². The van der Waals surface area contributed by atoms with E-state index in [4.69, 9.17) is 27.9 Å². The second kappa shape index (κ2) is 11.1. The van der Waals surface area contributed by atoms with Crippen molar-refractivity contribution in [3.8, 4) is 28.3 Å². The molecule has 200 valence electrons. The highest BCUT2D eigenvalue weighted by atomic mass is 35.5. The van der Waals surface area contributed by atoms with Gasteiger partial charge in [-0.2, -0.15) is 5.10 Å². The van der Waals surface area contributed by atoms with E-state index >= 15 is 0 Å². The molecule has 0 aliphatic carbocycles. The molecule has 3 heterocycles. The summed E-state index contributed by atoms with van der Waals surface area (Å²) in [6.45, 7) is 1.68. The van der Waals surface area contributed by atoms with Gasteiger partial charge in [0.2, 0.25) is 5.88 Å². The summed E-state index contributed by atoms with van der Waals surface area (Å²) in [6, 6.07) is 12.0. The Labute approximate surface area is 233 Å². The Morgan fingerprint density at radius 1 is 1.10 bits per heavy atom. The molecule has 4 aromatic rings. The van der Waals surface area contributed by atoms with Crippen LogP contribution in [0.25, 0.3) is 22.4 Å². The van der Waals surface area contributed by atoms with Crippen LogP contribution < -0.4 is 15.6 Å². The van der Waals surface area contributed by atoms with Gasteiger partial charge < -0.3 is 15.2 Å². The van der Waals surface area contributed by atoms with Crippen LogP contribution in [0.1, 0.15) is 16.1 Å². The number of aromatic nitrogens is 4. The molecule has 0 atom stereocenters. The third-order valence-corrected chi connectivity index (χ3v) is 7.19. The molecule has 0 saturated carbocycles. The molecule has 0 spiro atoms. The van der Waals surface area contributed by atoms with Crippen LogP contribution in [0.5, 0.6) is 5.88 Å². The van der Waals surface area contributed by atoms with E-state index in [1.54, 1.807) is 24.4 Å². The van der Waals surface area contributed by atoms with Gasteiger partial charge in [-0.25, -0.2) is 9.67 Å². The predicted molar refractivity (Wildman–Crippen MR) is 148 cm³/mol. The molecular formula is C27H24Cl2N6O4. The summed E-state index contributed by atoms with van der Waals surface area (Å²) in [4.78, 5) is 36.3. The van der Waals surface area contributed by atoms with Crippen LogP contribution in [0.3, 0.4) is 0 Å². The predicted octanol–water partition coefficient (Wildman–Crippen LogP) is 3.65. The van der Waals surface area contributed by atoms with E-state index in [-0.39, 0.29) is 16.7 Å². The van der Waals surface area contributed by atoms with Crippen molar-refractivity contribution in [2.24, 2.45) is 7.05 Å². The largest absolute Gasteiger partial charge is 0.480 e. The number of carbonyl (C=O) groups excluding carboxylic acids is 1. The molecule has 2 N–H and O–H groups in total. The van der Waals surface area contributed by atoms with Gasteiger partial charge in [-0.1, -0.05) is 53.5 Å². The lowest BCUT2D eigenvalue weighted by molar-refractivity contribution is -0.00403. The number of amides is 1. The molecule has 1 saturated heterocycles. The lowest BCUT2D eigenvalue weighted by Crippen LogP contribution is -2.50. The molecule has 10 nitrogen and oxygen atoms in total. The third-order valence-electron chi connectivity index (χ3n) is 6.38. The van der Waals surface area contributed by atoms with Gasteiger partial charge in [0.05, 0.1) is 40.8 Å². The average molecular weight is 567 g/mol. The maximum atomic E-state index is 12.8. The average Bonchev–Trinajstić information content (AvgIpc) is 2.91. The number of benzene rings is 2. The van der Waals surface area contributed by atoms with Crippen LogP contribution >= 0.6 is 23.2 Å². The molecule has 1 aliphatic rings. The first kappa shape index (κ1) is 26.8. The van der Waals surface area contributed by atoms with Gasteiger partial charge in [0.25, 0.3) is 11.5 Å². The fraction of sp³-hybridized carbons (Fsp3) is 0.222. The van der Waals surface area contributed by atoms with Gasteiger partial charge in [0.1, 0.15) is 11.3 Å². The van der Waals surface area contributed by atoms with Crippen molar-refractivity contribution in [2.75, 3.05) is 25.5 Å². The molecule has 5 rings (SSSR count). The number of anilines is 1. The summed E-state index contributed by atoms with van der Waals surface area (Å²) in [6.07, 6.45) is 2.69. The van der Waals surface area contributed by atoms with E-state index in [0.717, 1.165) is 4.68 Å². The van der Waals surface area contributed by atoms with Gasteiger partial charge in [-0.3, -0.25) is 19.5 Å². The van der Waals surface area contributed by atoms with E-state index in [2.05, 4.69) is 20.4 Å². The first-order chi connectivity index (χ1) is 18.8. The monoisotopic (exact) mass is 566 g/mol. The Hall–Kier alpha value is -3.83. The molecular weight excluding hydrogens is 543 g/mol. The molecule has 2 aromatic heterocycles. The topological polar surface area (TPSA) is 122 Å². The van der Waals surface area contributed by atoms with E-state index in [1.807, 2.05) is 23.1 Å². The molecule has 1 amide bonds. The highest BCUT2D eigenvalue weighted by Crippen LogP contribution is 2.41. The zero-order valence-electron chi connectivity index (χ0n) is 21.1. The standard InChI is InChI=1S/C27H24Cl2N6O4/c1-34-27(38)19(9-10-31-34)25(37)32-20-8-4-6-17(24(20)29)16-5-3-7-18(23(16)28)21-11-30-22(26(33-21)39-2)14-35-12-15(36)13-35/h3-11,15,36H,12-14H2,1-2H3,(H,32,37). The number of hydrogen-bond donors (Lipinski definition) is 2. The van der Waals surface area contributed by atoms with Crippen molar-refractivity contribution in [1.82, 2.24) is 24.6 Å². The zero-order chi connectivity index (χ0) is 27.7. The van der Waals surface area contributed by atoms with Crippen LogP contribution in [-0.2, 0) is 13.6 Å². The molecule has 0 radical (unpaired) electrons. The maximum absolute atomic E-state index is 12.8. The number of aliphatic hydroxyl groups excluding tert-OH is 1. The molecule has 1 fully saturated rings. The first-order valence-corrected chi connectivity index (χ1v) is 12.7. The van der Waals surface area contributed by atoms with Gasteiger partial charge in [-0.15, -0.1) is 0 Å². The molecule has 0 bridgehead atoms. The number of carbonyl (C=O) groups is 1. The Morgan fingerprint density at radius 2 is 1.79 bits per heavy atom. The fourth-order valence-corrected chi connectivity index (χ4v) is 4.92. The summed E-state index contributed by atoms with van der Waals surface area (Å²) < 4.78 is 6.57. The van der Waals surface area contributed by atoms with Gasteiger partial charge >= 0.3 is 0 Å². The molecule has 39 heavy (non-hydrogen) atoms. The molecule has 12 heteroatoms. The van der Waals surface area contributed by atoms with E-state index in [1.165, 1.54) is 26.4 Å². The van der Waals surface area contributed by atoms with Gasteiger partial charge in [0.15, 0.2) is 0 Å². The van der Waals surface area contributed by atoms with Gasteiger partial charge in [-0.05, 0) is 12.1 Å². The van der Waals surface area contributed by atoms with Crippen LogP contribution in [0.15, 0.2) is 59.7 Å². The number of nitrogens with one attached hydrogen (secondary N) is 1. The summed E-state index contributed by atoms with van der Waals surface area (Å²) in [5.41, 5.74) is 2.74. The minimum atomic E-state index is -0.605. The number of halogens is 2. The Bertz CT molecular complexity index is 1620. The lowest BCUT2D eigenvalue weighted by atomic mass is 10.0. The quantitative estimate of drug-likeness (QED) is 0.347. The van der Waals surface area contributed by atoms with Crippen molar-refractivity contribution >= 4 is 34.8 Å². The number of rotatable bonds is 7. The minimum absolute atomic E-state index is 0.0599. The van der Waals surface area contributed by atoms with Crippen LogP contribution in [0.2, 0.25) is 10.0 Å². The number of ether oxygens (including phenoxy) is 1. The number of likely N-dealkylation sites (tertiary alicyclic amines) is 1. The van der Waals surface area contributed by atoms with Crippen molar-refractivity contribution in [3.63, 3.8) is 0 Å². The minimum Gasteiger partial charge on any atom is -0.480 e. The van der Waals surface area contributed by atoms with Crippen LogP contribution in [0, 0.1) is 0 Å². The fourth-order valence-electron chi connectivity index (χ4n) is 4.32.